The summed E-state index contributed by atoms with van der Waals surface area (Å²) in [4.78, 5) is 25.5. The highest BCUT2D eigenvalue weighted by Crippen LogP contribution is 2.26. The van der Waals surface area contributed by atoms with Gasteiger partial charge in [-0.05, 0) is 49.2 Å². The second-order valence-corrected chi connectivity index (χ2v) is 6.19. The number of aromatic nitrogens is 3. The predicted molar refractivity (Wildman–Crippen MR) is 101 cm³/mol. The van der Waals surface area contributed by atoms with E-state index in [1.54, 1.807) is 42.7 Å². The van der Waals surface area contributed by atoms with E-state index in [-0.39, 0.29) is 5.91 Å². The summed E-state index contributed by atoms with van der Waals surface area (Å²) in [5.74, 6) is 0.702. The van der Waals surface area contributed by atoms with Crippen LogP contribution in [0, 0.1) is 0 Å². The van der Waals surface area contributed by atoms with Crippen molar-refractivity contribution < 1.29 is 4.79 Å². The third-order valence-corrected chi connectivity index (χ3v) is 4.03. The lowest BCUT2D eigenvalue weighted by Crippen LogP contribution is -2.15. The molecule has 0 bridgehead atoms. The zero-order chi connectivity index (χ0) is 17.9. The lowest BCUT2D eigenvalue weighted by atomic mass is 10.2. The Hall–Kier alpha value is -3.48. The Labute approximate surface area is 150 Å². The van der Waals surface area contributed by atoms with Crippen LogP contribution in [0.25, 0.3) is 11.3 Å². The van der Waals surface area contributed by atoms with Gasteiger partial charge in [0.1, 0.15) is 5.82 Å². The maximum Gasteiger partial charge on any atom is 0.256 e. The van der Waals surface area contributed by atoms with Crippen molar-refractivity contribution in [3.63, 3.8) is 0 Å². The van der Waals surface area contributed by atoms with Gasteiger partial charge in [-0.3, -0.25) is 9.78 Å². The number of rotatable bonds is 5. The summed E-state index contributed by atoms with van der Waals surface area (Å²) in [7, 11) is 0. The molecule has 3 aromatic rings. The lowest BCUT2D eigenvalue weighted by molar-refractivity contribution is 0.102. The van der Waals surface area contributed by atoms with E-state index in [0.29, 0.717) is 29.1 Å². The number of anilines is 3. The Morgan fingerprint density at radius 3 is 2.46 bits per heavy atom. The summed E-state index contributed by atoms with van der Waals surface area (Å²) in [6.07, 6.45) is 5.63. The molecule has 7 heteroatoms. The van der Waals surface area contributed by atoms with E-state index in [2.05, 4.69) is 25.6 Å². The van der Waals surface area contributed by atoms with Gasteiger partial charge in [0.15, 0.2) is 0 Å². The van der Waals surface area contributed by atoms with E-state index in [9.17, 15) is 4.79 Å². The zero-order valence-electron chi connectivity index (χ0n) is 14.0. The maximum atomic E-state index is 12.5. The third kappa shape index (κ3) is 3.77. The average molecular weight is 346 g/mol. The Bertz CT molecular complexity index is 923. The SMILES string of the molecule is Nc1ccc(C(=O)Nc2cc(-c3ccncc3)nc(NC3CC3)n2)cc1. The highest BCUT2D eigenvalue weighted by atomic mass is 16.1. The van der Waals surface area contributed by atoms with E-state index < -0.39 is 0 Å². The number of hydrogen-bond acceptors (Lipinski definition) is 6. The number of hydrogen-bond donors (Lipinski definition) is 3. The van der Waals surface area contributed by atoms with Crippen molar-refractivity contribution in [3.05, 3.63) is 60.4 Å². The number of nitrogen functional groups attached to an aromatic ring is 1. The topological polar surface area (TPSA) is 106 Å². The van der Waals surface area contributed by atoms with Crippen molar-refractivity contribution in [2.75, 3.05) is 16.4 Å². The molecule has 1 aliphatic rings. The van der Waals surface area contributed by atoms with Gasteiger partial charge in [0.2, 0.25) is 5.95 Å². The summed E-state index contributed by atoms with van der Waals surface area (Å²) in [6, 6.07) is 12.6. The van der Waals surface area contributed by atoms with Gasteiger partial charge in [-0.25, -0.2) is 4.98 Å². The Morgan fingerprint density at radius 2 is 1.77 bits per heavy atom. The highest BCUT2D eigenvalue weighted by Gasteiger charge is 2.22. The van der Waals surface area contributed by atoms with E-state index in [4.69, 9.17) is 5.73 Å². The minimum atomic E-state index is -0.248. The lowest BCUT2D eigenvalue weighted by Gasteiger charge is -2.10. The molecule has 0 radical (unpaired) electrons. The van der Waals surface area contributed by atoms with Gasteiger partial charge in [-0.2, -0.15) is 4.98 Å². The molecule has 1 fully saturated rings. The smallest absolute Gasteiger partial charge is 0.256 e. The van der Waals surface area contributed by atoms with E-state index in [1.807, 2.05) is 12.1 Å². The largest absolute Gasteiger partial charge is 0.399 e. The molecular weight excluding hydrogens is 328 g/mol. The number of carbonyl (C=O) groups excluding carboxylic acids is 1. The molecule has 0 atom stereocenters. The van der Waals surface area contributed by atoms with Gasteiger partial charge < -0.3 is 16.4 Å². The van der Waals surface area contributed by atoms with Crippen molar-refractivity contribution in [2.24, 2.45) is 0 Å². The summed E-state index contributed by atoms with van der Waals surface area (Å²) in [5, 5.41) is 6.12. The quantitative estimate of drug-likeness (QED) is 0.613. The van der Waals surface area contributed by atoms with E-state index in [0.717, 1.165) is 24.1 Å². The molecular formula is C19H18N6O. The molecule has 2 heterocycles. The molecule has 4 N–H and O–H groups in total. The molecule has 1 saturated carbocycles. The maximum absolute atomic E-state index is 12.5. The molecule has 0 unspecified atom stereocenters. The molecule has 26 heavy (non-hydrogen) atoms. The first kappa shape index (κ1) is 16.0. The van der Waals surface area contributed by atoms with Gasteiger partial charge in [0, 0.05) is 41.3 Å². The number of nitrogens with one attached hydrogen (secondary N) is 2. The van der Waals surface area contributed by atoms with Gasteiger partial charge in [0.25, 0.3) is 5.91 Å². The number of carbonyl (C=O) groups is 1. The second-order valence-electron chi connectivity index (χ2n) is 6.19. The van der Waals surface area contributed by atoms with Crippen LogP contribution in [-0.4, -0.2) is 26.9 Å². The average Bonchev–Trinajstić information content (AvgIpc) is 3.47. The van der Waals surface area contributed by atoms with E-state index in [1.165, 1.54) is 0 Å². The summed E-state index contributed by atoms with van der Waals surface area (Å²) >= 11 is 0. The highest BCUT2D eigenvalue weighted by molar-refractivity contribution is 6.04. The van der Waals surface area contributed by atoms with Gasteiger partial charge in [-0.15, -0.1) is 0 Å². The normalized spacial score (nSPS) is 13.2. The molecule has 1 aromatic carbocycles. The summed E-state index contributed by atoms with van der Waals surface area (Å²) in [5.41, 5.74) is 8.42. The fourth-order valence-corrected chi connectivity index (χ4v) is 2.48. The van der Waals surface area contributed by atoms with Crippen LogP contribution in [0.4, 0.5) is 17.5 Å². The van der Waals surface area contributed by atoms with Gasteiger partial charge >= 0.3 is 0 Å². The first-order valence-corrected chi connectivity index (χ1v) is 8.40. The monoisotopic (exact) mass is 346 g/mol. The number of amides is 1. The van der Waals surface area contributed by atoms with Crippen molar-refractivity contribution in [3.8, 4) is 11.3 Å². The van der Waals surface area contributed by atoms with Gasteiger partial charge in [-0.1, -0.05) is 0 Å². The van der Waals surface area contributed by atoms with Crippen LogP contribution >= 0.6 is 0 Å². The first-order chi connectivity index (χ1) is 12.7. The van der Waals surface area contributed by atoms with Crippen LogP contribution in [-0.2, 0) is 0 Å². The predicted octanol–water partition coefficient (Wildman–Crippen LogP) is 2.95. The third-order valence-electron chi connectivity index (χ3n) is 4.03. The Kier molecular flexibility index (Phi) is 4.18. The second kappa shape index (κ2) is 6.79. The summed E-state index contributed by atoms with van der Waals surface area (Å²) < 4.78 is 0. The van der Waals surface area contributed by atoms with Crippen LogP contribution < -0.4 is 16.4 Å². The minimum absolute atomic E-state index is 0.248. The molecule has 1 aliphatic carbocycles. The molecule has 2 aromatic heterocycles. The van der Waals surface area contributed by atoms with Crippen molar-refractivity contribution in [1.29, 1.82) is 0 Å². The molecule has 7 nitrogen and oxygen atoms in total. The molecule has 0 spiro atoms. The molecule has 0 aliphatic heterocycles. The van der Waals surface area contributed by atoms with Crippen LogP contribution in [0.2, 0.25) is 0 Å². The van der Waals surface area contributed by atoms with Crippen LogP contribution in [0.3, 0.4) is 0 Å². The molecule has 1 amide bonds. The Morgan fingerprint density at radius 1 is 1.04 bits per heavy atom. The van der Waals surface area contributed by atoms with Crippen LogP contribution in [0.15, 0.2) is 54.9 Å². The number of benzene rings is 1. The molecule has 4 rings (SSSR count). The number of nitrogens with two attached hydrogens (primary N) is 1. The zero-order valence-corrected chi connectivity index (χ0v) is 14.0. The molecule has 0 saturated heterocycles. The van der Waals surface area contributed by atoms with Crippen LogP contribution in [0.5, 0.6) is 0 Å². The standard InChI is InChI=1S/C19H18N6O/c20-14-3-1-13(2-4-14)18(26)24-17-11-16(12-7-9-21-10-8-12)23-19(25-17)22-15-5-6-15/h1-4,7-11,15H,5-6,20H2,(H2,22,23,24,25,26). The fourth-order valence-electron chi connectivity index (χ4n) is 2.48. The fraction of sp³-hybridized carbons (Fsp3) is 0.158. The van der Waals surface area contributed by atoms with Crippen LogP contribution in [0.1, 0.15) is 23.2 Å². The number of pyridine rings is 1. The van der Waals surface area contributed by atoms with Crippen molar-refractivity contribution >= 4 is 23.4 Å². The molecule has 130 valence electrons. The van der Waals surface area contributed by atoms with Gasteiger partial charge in [0.05, 0.1) is 5.69 Å². The van der Waals surface area contributed by atoms with E-state index >= 15 is 0 Å². The summed E-state index contributed by atoms with van der Waals surface area (Å²) in [6.45, 7) is 0. The Balaban J connectivity index is 1.63. The van der Waals surface area contributed by atoms with Crippen molar-refractivity contribution in [2.45, 2.75) is 18.9 Å². The number of nitrogens with zero attached hydrogens (tertiary/aromatic N) is 3. The first-order valence-electron chi connectivity index (χ1n) is 8.40. The minimum Gasteiger partial charge on any atom is -0.399 e. The van der Waals surface area contributed by atoms with Crippen molar-refractivity contribution in [1.82, 2.24) is 15.0 Å².